The Labute approximate surface area is 178 Å². The van der Waals surface area contributed by atoms with E-state index < -0.39 is 0 Å². The van der Waals surface area contributed by atoms with E-state index in [0.29, 0.717) is 29.6 Å². The number of thioether (sulfide) groups is 1. The zero-order valence-electron chi connectivity index (χ0n) is 16.5. The highest BCUT2D eigenvalue weighted by Crippen LogP contribution is 2.23. The number of hydrogen-bond acceptors (Lipinski definition) is 6. The summed E-state index contributed by atoms with van der Waals surface area (Å²) >= 11 is 1.25. The van der Waals surface area contributed by atoms with E-state index >= 15 is 0 Å². The minimum Gasteiger partial charge on any atom is -0.497 e. The van der Waals surface area contributed by atoms with E-state index in [1.54, 1.807) is 25.3 Å². The summed E-state index contributed by atoms with van der Waals surface area (Å²) in [4.78, 5) is 21.0. The summed E-state index contributed by atoms with van der Waals surface area (Å²) < 4.78 is 19.1. The molecule has 2 aromatic carbocycles. The third kappa shape index (κ3) is 4.56. The Morgan fingerprint density at radius 1 is 1.13 bits per heavy atom. The molecule has 0 atom stereocenters. The molecule has 0 saturated carbocycles. The molecule has 9 heteroatoms. The van der Waals surface area contributed by atoms with Gasteiger partial charge in [-0.05, 0) is 36.4 Å². The van der Waals surface area contributed by atoms with Crippen molar-refractivity contribution in [3.63, 3.8) is 0 Å². The minimum atomic E-state index is -0.365. The number of aromatic nitrogens is 3. The first-order chi connectivity index (χ1) is 14.6. The number of nitrogens with one attached hydrogen (secondary N) is 1. The number of piperazine rings is 1. The summed E-state index contributed by atoms with van der Waals surface area (Å²) in [5, 5.41) is 7.25. The minimum absolute atomic E-state index is 0.0478. The summed E-state index contributed by atoms with van der Waals surface area (Å²) in [5.41, 5.74) is 1.48. The number of nitrogens with zero attached hydrogens (tertiary/aromatic N) is 4. The summed E-state index contributed by atoms with van der Waals surface area (Å²) in [6.45, 7) is 2.89. The number of methoxy groups -OCH3 is 1. The van der Waals surface area contributed by atoms with Gasteiger partial charge in [-0.2, -0.15) is 0 Å². The molecule has 2 heterocycles. The quantitative estimate of drug-likeness (QED) is 0.610. The van der Waals surface area contributed by atoms with E-state index in [-0.39, 0.29) is 17.5 Å². The van der Waals surface area contributed by atoms with Crippen LogP contribution in [0, 0.1) is 5.82 Å². The zero-order chi connectivity index (χ0) is 20.9. The van der Waals surface area contributed by atoms with Gasteiger partial charge in [0.1, 0.15) is 11.6 Å². The maximum atomic E-state index is 13.9. The number of hydrogen-bond donors (Lipinski definition) is 1. The Morgan fingerprint density at radius 3 is 2.57 bits per heavy atom. The molecule has 1 N–H and O–H groups in total. The van der Waals surface area contributed by atoms with Gasteiger partial charge >= 0.3 is 0 Å². The van der Waals surface area contributed by atoms with Crippen LogP contribution in [0.25, 0.3) is 11.4 Å². The lowest BCUT2D eigenvalue weighted by Crippen LogP contribution is -2.49. The molecule has 156 valence electrons. The Hall–Kier alpha value is -3.07. The number of benzene rings is 2. The molecular weight excluding hydrogens is 405 g/mol. The van der Waals surface area contributed by atoms with Gasteiger partial charge in [0.05, 0.1) is 18.4 Å². The first-order valence-corrected chi connectivity index (χ1v) is 10.6. The fraction of sp³-hybridized carbons (Fsp3) is 0.286. The topological polar surface area (TPSA) is 74.3 Å². The highest BCUT2D eigenvalue weighted by atomic mass is 32.2. The number of aromatic amines is 1. The molecule has 4 rings (SSSR count). The molecule has 1 saturated heterocycles. The summed E-state index contributed by atoms with van der Waals surface area (Å²) in [6.07, 6.45) is 0. The van der Waals surface area contributed by atoms with Crippen LogP contribution in [0.15, 0.2) is 53.7 Å². The first-order valence-electron chi connectivity index (χ1n) is 9.61. The van der Waals surface area contributed by atoms with Gasteiger partial charge in [0.2, 0.25) is 11.1 Å². The van der Waals surface area contributed by atoms with Crippen LogP contribution in [-0.2, 0) is 4.79 Å². The molecule has 1 amide bonds. The second kappa shape index (κ2) is 9.17. The highest BCUT2D eigenvalue weighted by Gasteiger charge is 2.22. The number of H-pyrrole nitrogens is 1. The van der Waals surface area contributed by atoms with Crippen molar-refractivity contribution in [3.05, 3.63) is 54.3 Å². The van der Waals surface area contributed by atoms with Crippen LogP contribution in [-0.4, -0.2) is 65.0 Å². The van der Waals surface area contributed by atoms with Crippen LogP contribution in [0.3, 0.4) is 0 Å². The maximum absolute atomic E-state index is 13.9. The van der Waals surface area contributed by atoms with Gasteiger partial charge in [0, 0.05) is 31.9 Å². The molecule has 3 aromatic rings. The molecule has 0 aliphatic carbocycles. The lowest BCUT2D eigenvalue weighted by atomic mass is 10.2. The molecule has 30 heavy (non-hydrogen) atoms. The predicted molar refractivity (Wildman–Crippen MR) is 114 cm³/mol. The van der Waals surface area contributed by atoms with Crippen LogP contribution in [0.5, 0.6) is 5.75 Å². The van der Waals surface area contributed by atoms with Crippen molar-refractivity contribution in [1.29, 1.82) is 0 Å². The number of amides is 1. The van der Waals surface area contributed by atoms with Gasteiger partial charge in [-0.3, -0.25) is 9.89 Å². The van der Waals surface area contributed by atoms with E-state index in [4.69, 9.17) is 4.74 Å². The number of rotatable bonds is 6. The number of carbonyl (C=O) groups is 1. The number of ether oxygens (including phenoxy) is 1. The van der Waals surface area contributed by atoms with Crippen molar-refractivity contribution in [2.45, 2.75) is 5.16 Å². The Balaban J connectivity index is 1.28. The molecule has 0 spiro atoms. The lowest BCUT2D eigenvalue weighted by molar-refractivity contribution is -0.128. The maximum Gasteiger partial charge on any atom is 0.233 e. The number of halogens is 1. The molecular formula is C21H22FN5O2S. The monoisotopic (exact) mass is 427 g/mol. The van der Waals surface area contributed by atoms with Crippen LogP contribution < -0.4 is 9.64 Å². The molecule has 1 aliphatic rings. The molecule has 1 fully saturated rings. The van der Waals surface area contributed by atoms with Gasteiger partial charge in [-0.25, -0.2) is 9.37 Å². The first kappa shape index (κ1) is 20.2. The highest BCUT2D eigenvalue weighted by molar-refractivity contribution is 7.99. The average Bonchev–Trinajstić information content (AvgIpc) is 3.27. The van der Waals surface area contributed by atoms with Crippen molar-refractivity contribution < 1.29 is 13.9 Å². The van der Waals surface area contributed by atoms with Crippen LogP contribution in [0.4, 0.5) is 10.1 Å². The van der Waals surface area contributed by atoms with Crippen molar-refractivity contribution in [1.82, 2.24) is 20.1 Å². The lowest BCUT2D eigenvalue weighted by Gasteiger charge is -2.36. The fourth-order valence-corrected chi connectivity index (χ4v) is 4.01. The third-order valence-corrected chi connectivity index (χ3v) is 5.82. The van der Waals surface area contributed by atoms with Gasteiger partial charge in [-0.15, -0.1) is 5.10 Å². The summed E-state index contributed by atoms with van der Waals surface area (Å²) in [7, 11) is 1.65. The largest absolute Gasteiger partial charge is 0.497 e. The van der Waals surface area contributed by atoms with Crippen molar-refractivity contribution in [2.75, 3.05) is 43.9 Å². The van der Waals surface area contributed by atoms with Crippen LogP contribution in [0.1, 0.15) is 0 Å². The van der Waals surface area contributed by atoms with E-state index in [0.717, 1.165) is 24.5 Å². The van der Waals surface area contributed by atoms with Gasteiger partial charge < -0.3 is 14.5 Å². The molecule has 1 aromatic heterocycles. The Bertz CT molecular complexity index is 1000. The standard InChI is InChI=1S/C21H22FN5O2S/c1-29-16-8-6-15(7-9-16)26-10-12-27(13-11-26)19(28)14-30-21-23-20(24-25-21)17-4-2-3-5-18(17)22/h2-9H,10-14H2,1H3,(H,23,24,25). The summed E-state index contributed by atoms with van der Waals surface area (Å²) in [6, 6.07) is 14.3. The predicted octanol–water partition coefficient (Wildman–Crippen LogP) is 3.06. The van der Waals surface area contributed by atoms with Crippen molar-refractivity contribution in [2.24, 2.45) is 0 Å². The van der Waals surface area contributed by atoms with Crippen LogP contribution in [0.2, 0.25) is 0 Å². The third-order valence-electron chi connectivity index (χ3n) is 4.99. The van der Waals surface area contributed by atoms with Gasteiger partial charge in [0.15, 0.2) is 5.82 Å². The molecule has 0 unspecified atom stereocenters. The normalized spacial score (nSPS) is 14.1. The second-order valence-electron chi connectivity index (χ2n) is 6.80. The van der Waals surface area contributed by atoms with Gasteiger partial charge in [0.25, 0.3) is 0 Å². The smallest absolute Gasteiger partial charge is 0.233 e. The van der Waals surface area contributed by atoms with Crippen LogP contribution >= 0.6 is 11.8 Å². The number of anilines is 1. The number of carbonyl (C=O) groups excluding carboxylic acids is 1. The van der Waals surface area contributed by atoms with E-state index in [9.17, 15) is 9.18 Å². The molecule has 0 radical (unpaired) electrons. The SMILES string of the molecule is COc1ccc(N2CCN(C(=O)CSc3n[nH]c(-c4ccccc4F)n3)CC2)cc1. The summed E-state index contributed by atoms with van der Waals surface area (Å²) in [5.74, 6) is 1.12. The second-order valence-corrected chi connectivity index (χ2v) is 7.74. The molecule has 7 nitrogen and oxygen atoms in total. The molecule has 1 aliphatic heterocycles. The van der Waals surface area contributed by atoms with E-state index in [1.165, 1.54) is 17.8 Å². The van der Waals surface area contributed by atoms with E-state index in [2.05, 4.69) is 20.1 Å². The van der Waals surface area contributed by atoms with Crippen molar-refractivity contribution in [3.8, 4) is 17.1 Å². The fourth-order valence-electron chi connectivity index (χ4n) is 3.31. The van der Waals surface area contributed by atoms with Crippen molar-refractivity contribution >= 4 is 23.4 Å². The van der Waals surface area contributed by atoms with Gasteiger partial charge in [-0.1, -0.05) is 23.9 Å². The zero-order valence-corrected chi connectivity index (χ0v) is 17.4. The average molecular weight is 428 g/mol. The molecule has 0 bridgehead atoms. The van der Waals surface area contributed by atoms with E-state index in [1.807, 2.05) is 29.2 Å². The Morgan fingerprint density at radius 2 is 1.87 bits per heavy atom. The Kier molecular flexibility index (Phi) is 6.18.